The van der Waals surface area contributed by atoms with Gasteiger partial charge in [0.05, 0.1) is 24.9 Å². The Morgan fingerprint density at radius 2 is 1.95 bits per heavy atom. The molecular weight excluding hydrogens is 274 g/mol. The molecule has 1 rings (SSSR count). The number of halogens is 1. The molecule has 0 bridgehead atoms. The van der Waals surface area contributed by atoms with Gasteiger partial charge in [-0.2, -0.15) is 0 Å². The minimum atomic E-state index is -0.151. The zero-order chi connectivity index (χ0) is 15.2. The highest BCUT2D eigenvalue weighted by Crippen LogP contribution is 2.24. The van der Waals surface area contributed by atoms with Crippen LogP contribution in [-0.2, 0) is 9.47 Å². The third-order valence-electron chi connectivity index (χ3n) is 2.95. The van der Waals surface area contributed by atoms with Crippen LogP contribution in [0.15, 0.2) is 24.3 Å². The molecule has 1 aromatic rings. The lowest BCUT2D eigenvalue weighted by Crippen LogP contribution is -2.31. The molecule has 0 aliphatic rings. The summed E-state index contributed by atoms with van der Waals surface area (Å²) in [5.41, 5.74) is 7.02. The molecule has 4 heteroatoms. The summed E-state index contributed by atoms with van der Waals surface area (Å²) in [6, 6.07) is 7.62. The summed E-state index contributed by atoms with van der Waals surface area (Å²) in [6.45, 7) is 9.20. The second kappa shape index (κ2) is 7.99. The number of hydrogen-bond donors (Lipinski definition) is 1. The number of rotatable bonds is 7. The third-order valence-corrected chi connectivity index (χ3v) is 3.19. The van der Waals surface area contributed by atoms with Crippen LogP contribution in [0.1, 0.15) is 45.8 Å². The Labute approximate surface area is 127 Å². The van der Waals surface area contributed by atoms with E-state index in [4.69, 9.17) is 26.8 Å². The van der Waals surface area contributed by atoms with Crippen molar-refractivity contribution in [2.75, 3.05) is 13.2 Å². The quantitative estimate of drug-likeness (QED) is 0.775. The molecule has 2 N–H and O–H groups in total. The topological polar surface area (TPSA) is 44.5 Å². The molecule has 0 amide bonds. The van der Waals surface area contributed by atoms with Crippen LogP contribution in [0.3, 0.4) is 0 Å². The Bertz CT molecular complexity index is 404. The normalized spacial score (nSPS) is 15.1. The zero-order valence-corrected chi connectivity index (χ0v) is 13.6. The van der Waals surface area contributed by atoms with Crippen LogP contribution >= 0.6 is 11.6 Å². The van der Waals surface area contributed by atoms with E-state index in [9.17, 15) is 0 Å². The average Bonchev–Trinajstić information content (AvgIpc) is 2.36. The molecule has 0 aliphatic heterocycles. The van der Waals surface area contributed by atoms with Gasteiger partial charge in [0.2, 0.25) is 0 Å². The van der Waals surface area contributed by atoms with E-state index in [1.54, 1.807) is 0 Å². The highest BCUT2D eigenvalue weighted by atomic mass is 35.5. The summed E-state index contributed by atoms with van der Waals surface area (Å²) in [7, 11) is 0. The predicted molar refractivity (Wildman–Crippen MR) is 84.1 cm³/mol. The molecule has 2 atom stereocenters. The van der Waals surface area contributed by atoms with Gasteiger partial charge in [0, 0.05) is 11.1 Å². The smallest absolute Gasteiger partial charge is 0.0977 e. The van der Waals surface area contributed by atoms with Gasteiger partial charge in [-0.3, -0.25) is 0 Å². The average molecular weight is 300 g/mol. The van der Waals surface area contributed by atoms with Crippen LogP contribution in [-0.4, -0.2) is 24.9 Å². The number of ether oxygens (including phenoxy) is 2. The fraction of sp³-hybridized carbons (Fsp3) is 0.625. The molecule has 20 heavy (non-hydrogen) atoms. The van der Waals surface area contributed by atoms with Gasteiger partial charge in [0.15, 0.2) is 0 Å². The fourth-order valence-corrected chi connectivity index (χ4v) is 2.09. The van der Waals surface area contributed by atoms with E-state index in [1.807, 2.05) is 45.0 Å². The van der Waals surface area contributed by atoms with E-state index in [-0.39, 0.29) is 17.7 Å². The second-order valence-corrected chi connectivity index (χ2v) is 6.32. The van der Waals surface area contributed by atoms with Gasteiger partial charge in [-0.15, -0.1) is 0 Å². The standard InChI is InChI=1S/C16H26ClNO2/c1-5-14(18)15(12-7-6-8-13(17)11-12)19-9-10-20-16(2,3)4/h6-8,11,14-15H,5,9-10,18H2,1-4H3. The van der Waals surface area contributed by atoms with Crippen molar-refractivity contribution in [2.24, 2.45) is 5.73 Å². The van der Waals surface area contributed by atoms with Crippen molar-refractivity contribution in [1.82, 2.24) is 0 Å². The minimum absolute atomic E-state index is 0.0527. The summed E-state index contributed by atoms with van der Waals surface area (Å²) in [5.74, 6) is 0. The molecule has 0 heterocycles. The molecule has 0 spiro atoms. The molecule has 0 saturated carbocycles. The van der Waals surface area contributed by atoms with Gasteiger partial charge >= 0.3 is 0 Å². The SMILES string of the molecule is CCC(N)C(OCCOC(C)(C)C)c1cccc(Cl)c1. The van der Waals surface area contributed by atoms with E-state index < -0.39 is 0 Å². The molecule has 2 unspecified atom stereocenters. The predicted octanol–water partition coefficient (Wildman–Crippen LogP) is 3.95. The molecule has 0 radical (unpaired) electrons. The molecule has 3 nitrogen and oxygen atoms in total. The van der Waals surface area contributed by atoms with E-state index in [0.29, 0.717) is 18.2 Å². The Kier molecular flexibility index (Phi) is 6.96. The van der Waals surface area contributed by atoms with Crippen LogP contribution < -0.4 is 5.73 Å². The molecule has 0 saturated heterocycles. The van der Waals surface area contributed by atoms with Crippen LogP contribution in [0, 0.1) is 0 Å². The molecule has 1 aromatic carbocycles. The van der Waals surface area contributed by atoms with E-state index in [1.165, 1.54) is 0 Å². The van der Waals surface area contributed by atoms with Crippen molar-refractivity contribution < 1.29 is 9.47 Å². The Morgan fingerprint density at radius 3 is 2.50 bits per heavy atom. The first-order valence-corrected chi connectivity index (χ1v) is 7.48. The van der Waals surface area contributed by atoms with Gasteiger partial charge in [-0.25, -0.2) is 0 Å². The second-order valence-electron chi connectivity index (χ2n) is 5.88. The van der Waals surface area contributed by atoms with E-state index >= 15 is 0 Å². The van der Waals surface area contributed by atoms with Crippen LogP contribution in [0.2, 0.25) is 5.02 Å². The Morgan fingerprint density at radius 1 is 1.25 bits per heavy atom. The first-order chi connectivity index (χ1) is 9.33. The Hall–Kier alpha value is -0.610. The molecule has 0 aliphatic carbocycles. The van der Waals surface area contributed by atoms with Crippen molar-refractivity contribution in [1.29, 1.82) is 0 Å². The first-order valence-electron chi connectivity index (χ1n) is 7.10. The van der Waals surface area contributed by atoms with E-state index in [2.05, 4.69) is 6.92 Å². The summed E-state index contributed by atoms with van der Waals surface area (Å²) >= 11 is 6.04. The molecular formula is C16H26ClNO2. The lowest BCUT2D eigenvalue weighted by molar-refractivity contribution is -0.0570. The number of hydrogen-bond acceptors (Lipinski definition) is 3. The summed E-state index contributed by atoms with van der Waals surface area (Å²) in [6.07, 6.45) is 0.694. The number of nitrogens with two attached hydrogens (primary N) is 1. The van der Waals surface area contributed by atoms with Crippen molar-refractivity contribution >= 4 is 11.6 Å². The van der Waals surface area contributed by atoms with Crippen LogP contribution in [0.25, 0.3) is 0 Å². The summed E-state index contributed by atoms with van der Waals surface area (Å²) < 4.78 is 11.6. The summed E-state index contributed by atoms with van der Waals surface area (Å²) in [5, 5.41) is 0.699. The van der Waals surface area contributed by atoms with Crippen molar-refractivity contribution in [3.8, 4) is 0 Å². The van der Waals surface area contributed by atoms with Crippen LogP contribution in [0.5, 0.6) is 0 Å². The first kappa shape index (κ1) is 17.4. The lowest BCUT2D eigenvalue weighted by atomic mass is 10.0. The Balaban J connectivity index is 2.62. The highest BCUT2D eigenvalue weighted by Gasteiger charge is 2.20. The van der Waals surface area contributed by atoms with E-state index in [0.717, 1.165) is 12.0 Å². The van der Waals surface area contributed by atoms with Gasteiger partial charge in [-0.1, -0.05) is 30.7 Å². The highest BCUT2D eigenvalue weighted by molar-refractivity contribution is 6.30. The van der Waals surface area contributed by atoms with Crippen molar-refractivity contribution in [3.05, 3.63) is 34.9 Å². The monoisotopic (exact) mass is 299 g/mol. The minimum Gasteiger partial charge on any atom is -0.373 e. The van der Waals surface area contributed by atoms with Gasteiger partial charge in [0.25, 0.3) is 0 Å². The third kappa shape index (κ3) is 6.23. The van der Waals surface area contributed by atoms with Gasteiger partial charge < -0.3 is 15.2 Å². The van der Waals surface area contributed by atoms with Crippen molar-refractivity contribution in [3.63, 3.8) is 0 Å². The maximum atomic E-state index is 6.16. The fourth-order valence-electron chi connectivity index (χ4n) is 1.89. The zero-order valence-electron chi connectivity index (χ0n) is 12.9. The van der Waals surface area contributed by atoms with Crippen molar-refractivity contribution in [2.45, 2.75) is 51.9 Å². The molecule has 0 fully saturated rings. The maximum Gasteiger partial charge on any atom is 0.0977 e. The lowest BCUT2D eigenvalue weighted by Gasteiger charge is -2.25. The number of benzene rings is 1. The van der Waals surface area contributed by atoms with Gasteiger partial charge in [0.1, 0.15) is 0 Å². The van der Waals surface area contributed by atoms with Crippen LogP contribution in [0.4, 0.5) is 0 Å². The molecule has 114 valence electrons. The maximum absolute atomic E-state index is 6.16. The summed E-state index contributed by atoms with van der Waals surface area (Å²) in [4.78, 5) is 0. The van der Waals surface area contributed by atoms with Gasteiger partial charge in [-0.05, 0) is 44.9 Å². The molecule has 0 aromatic heterocycles. The largest absolute Gasteiger partial charge is 0.373 e.